The Balaban J connectivity index is 2.80. The van der Waals surface area contributed by atoms with E-state index in [4.69, 9.17) is 11.5 Å². The van der Waals surface area contributed by atoms with Gasteiger partial charge in [0, 0.05) is 12.8 Å². The first kappa shape index (κ1) is 23.9. The third kappa shape index (κ3) is 8.15. The van der Waals surface area contributed by atoms with Gasteiger partial charge in [-0.1, -0.05) is 12.1 Å². The molecule has 0 fully saturated rings. The molecule has 1 aromatic carbocycles. The van der Waals surface area contributed by atoms with Crippen molar-refractivity contribution in [1.82, 2.24) is 10.6 Å². The molecule has 0 heterocycles. The van der Waals surface area contributed by atoms with E-state index in [0.717, 1.165) is 0 Å². The van der Waals surface area contributed by atoms with E-state index in [-0.39, 0.29) is 25.0 Å². The van der Waals surface area contributed by atoms with Crippen LogP contribution in [0.5, 0.6) is 5.75 Å². The van der Waals surface area contributed by atoms with Crippen LogP contribution in [0.4, 0.5) is 0 Å². The standard InChI is InChI=1S/C18H26N4O7/c1-9(23)15(22-16(26)12(19)6-7-14(20)25)17(27)21-13(18(28)29)8-10-2-4-11(24)5-3-10/h2-5,9,12-13,15,23-24H,6-8,19H2,1H3,(H2,20,25)(H,21,27)(H,22,26)(H,28,29)/t9-,12+,13+,15+/m1/s1. The Labute approximate surface area is 167 Å². The number of aliphatic hydroxyl groups excluding tert-OH is 1. The number of hydrogen-bond donors (Lipinski definition) is 7. The van der Waals surface area contributed by atoms with Gasteiger partial charge in [0.15, 0.2) is 0 Å². The van der Waals surface area contributed by atoms with Crippen LogP contribution in [0.15, 0.2) is 24.3 Å². The molecule has 0 spiro atoms. The van der Waals surface area contributed by atoms with Crippen LogP contribution in [0.1, 0.15) is 25.3 Å². The third-order valence-corrected chi connectivity index (χ3v) is 4.09. The van der Waals surface area contributed by atoms with E-state index in [1.807, 2.05) is 0 Å². The second-order valence-electron chi connectivity index (χ2n) is 6.61. The number of nitrogens with two attached hydrogens (primary N) is 2. The number of carboxylic acid groups (broad SMARTS) is 1. The highest BCUT2D eigenvalue weighted by Crippen LogP contribution is 2.11. The number of amides is 3. The fourth-order valence-corrected chi connectivity index (χ4v) is 2.42. The highest BCUT2D eigenvalue weighted by atomic mass is 16.4. The lowest BCUT2D eigenvalue weighted by Crippen LogP contribution is -2.58. The molecule has 0 aliphatic heterocycles. The number of aliphatic hydroxyl groups is 1. The predicted molar refractivity (Wildman–Crippen MR) is 101 cm³/mol. The molecule has 160 valence electrons. The maximum absolute atomic E-state index is 12.5. The first-order valence-corrected chi connectivity index (χ1v) is 8.84. The molecule has 9 N–H and O–H groups in total. The lowest BCUT2D eigenvalue weighted by Gasteiger charge is -2.24. The number of aliphatic carboxylic acids is 1. The van der Waals surface area contributed by atoms with E-state index in [9.17, 15) is 34.5 Å². The van der Waals surface area contributed by atoms with E-state index < -0.39 is 47.9 Å². The van der Waals surface area contributed by atoms with Gasteiger partial charge in [-0.2, -0.15) is 0 Å². The molecule has 1 aromatic rings. The maximum Gasteiger partial charge on any atom is 0.326 e. The first-order chi connectivity index (χ1) is 13.5. The van der Waals surface area contributed by atoms with Crippen molar-refractivity contribution in [2.24, 2.45) is 11.5 Å². The summed E-state index contributed by atoms with van der Waals surface area (Å²) >= 11 is 0. The Hall–Kier alpha value is -3.18. The van der Waals surface area contributed by atoms with Crippen LogP contribution in [0, 0.1) is 0 Å². The average molecular weight is 410 g/mol. The monoisotopic (exact) mass is 410 g/mol. The molecule has 0 aliphatic carbocycles. The number of nitrogens with one attached hydrogen (secondary N) is 2. The minimum absolute atomic E-state index is 0.00853. The van der Waals surface area contributed by atoms with E-state index in [0.29, 0.717) is 5.56 Å². The van der Waals surface area contributed by atoms with Crippen LogP contribution >= 0.6 is 0 Å². The van der Waals surface area contributed by atoms with Crippen LogP contribution < -0.4 is 22.1 Å². The molecule has 3 amide bonds. The van der Waals surface area contributed by atoms with Crippen LogP contribution in [0.3, 0.4) is 0 Å². The van der Waals surface area contributed by atoms with Crippen molar-refractivity contribution in [2.45, 2.75) is 50.4 Å². The van der Waals surface area contributed by atoms with Gasteiger partial charge in [0.2, 0.25) is 17.7 Å². The Morgan fingerprint density at radius 1 is 1.07 bits per heavy atom. The summed E-state index contributed by atoms with van der Waals surface area (Å²) in [6, 6.07) is 1.83. The van der Waals surface area contributed by atoms with Crippen molar-refractivity contribution in [3.63, 3.8) is 0 Å². The SMILES string of the molecule is C[C@@H](O)[C@H](NC(=O)[C@@H](N)CCC(N)=O)C(=O)N[C@@H](Cc1ccc(O)cc1)C(=O)O. The normalized spacial score (nSPS) is 14.9. The van der Waals surface area contributed by atoms with Crippen molar-refractivity contribution in [3.05, 3.63) is 29.8 Å². The number of carbonyl (C=O) groups excluding carboxylic acids is 3. The zero-order valence-corrected chi connectivity index (χ0v) is 15.9. The van der Waals surface area contributed by atoms with Gasteiger partial charge in [0.25, 0.3) is 0 Å². The molecule has 0 saturated heterocycles. The van der Waals surface area contributed by atoms with Crippen LogP contribution in [0.25, 0.3) is 0 Å². The highest BCUT2D eigenvalue weighted by Gasteiger charge is 2.31. The summed E-state index contributed by atoms with van der Waals surface area (Å²) < 4.78 is 0. The number of rotatable bonds is 11. The summed E-state index contributed by atoms with van der Waals surface area (Å²) in [5.74, 6) is -3.66. The first-order valence-electron chi connectivity index (χ1n) is 8.84. The van der Waals surface area contributed by atoms with Crippen LogP contribution in [-0.4, -0.2) is 63.2 Å². The molecule has 11 heteroatoms. The fraction of sp³-hybridized carbons (Fsp3) is 0.444. The smallest absolute Gasteiger partial charge is 0.326 e. The average Bonchev–Trinajstić information content (AvgIpc) is 2.64. The molecule has 11 nitrogen and oxygen atoms in total. The summed E-state index contributed by atoms with van der Waals surface area (Å²) in [4.78, 5) is 46.8. The minimum atomic E-state index is -1.45. The van der Waals surface area contributed by atoms with E-state index >= 15 is 0 Å². The molecule has 29 heavy (non-hydrogen) atoms. The van der Waals surface area contributed by atoms with Crippen LogP contribution in [-0.2, 0) is 25.6 Å². The maximum atomic E-state index is 12.5. The number of carboxylic acids is 1. The lowest BCUT2D eigenvalue weighted by atomic mass is 10.0. The summed E-state index contributed by atoms with van der Waals surface area (Å²) in [6.07, 6.45) is -1.60. The summed E-state index contributed by atoms with van der Waals surface area (Å²) in [5, 5.41) is 33.0. The number of carbonyl (C=O) groups is 4. The molecular weight excluding hydrogens is 384 g/mol. The fourth-order valence-electron chi connectivity index (χ4n) is 2.42. The van der Waals surface area contributed by atoms with Crippen molar-refractivity contribution in [2.75, 3.05) is 0 Å². The predicted octanol–water partition coefficient (Wildman–Crippen LogP) is -2.04. The van der Waals surface area contributed by atoms with Gasteiger partial charge < -0.3 is 37.4 Å². The number of phenolic OH excluding ortho intramolecular Hbond substituents is 1. The Morgan fingerprint density at radius 3 is 2.14 bits per heavy atom. The quantitative estimate of drug-likeness (QED) is 0.216. The number of benzene rings is 1. The van der Waals surface area contributed by atoms with E-state index in [1.165, 1.54) is 31.2 Å². The zero-order valence-electron chi connectivity index (χ0n) is 15.9. The Morgan fingerprint density at radius 2 is 1.66 bits per heavy atom. The van der Waals surface area contributed by atoms with Crippen molar-refractivity contribution < 1.29 is 34.5 Å². The van der Waals surface area contributed by atoms with Gasteiger partial charge in [-0.05, 0) is 31.0 Å². The van der Waals surface area contributed by atoms with Crippen LogP contribution in [0.2, 0.25) is 0 Å². The van der Waals surface area contributed by atoms with E-state index in [2.05, 4.69) is 10.6 Å². The summed E-state index contributed by atoms with van der Waals surface area (Å²) in [7, 11) is 0. The molecule has 0 saturated carbocycles. The highest BCUT2D eigenvalue weighted by molar-refractivity contribution is 5.92. The second-order valence-corrected chi connectivity index (χ2v) is 6.61. The number of aromatic hydroxyl groups is 1. The molecule has 4 atom stereocenters. The molecule has 0 aromatic heterocycles. The van der Waals surface area contributed by atoms with Gasteiger partial charge in [-0.25, -0.2) is 4.79 Å². The summed E-state index contributed by atoms with van der Waals surface area (Å²) in [5.41, 5.74) is 11.2. The third-order valence-electron chi connectivity index (χ3n) is 4.09. The van der Waals surface area contributed by atoms with Gasteiger partial charge in [-0.15, -0.1) is 0 Å². The molecule has 1 rings (SSSR count). The molecule has 0 radical (unpaired) electrons. The Kier molecular flexibility index (Phi) is 9.03. The molecular formula is C18H26N4O7. The van der Waals surface area contributed by atoms with Gasteiger partial charge in [0.05, 0.1) is 12.1 Å². The second kappa shape index (κ2) is 11.0. The van der Waals surface area contributed by atoms with Crippen molar-refractivity contribution >= 4 is 23.7 Å². The molecule has 0 bridgehead atoms. The zero-order chi connectivity index (χ0) is 22.1. The van der Waals surface area contributed by atoms with Crippen molar-refractivity contribution in [3.8, 4) is 5.75 Å². The summed E-state index contributed by atoms with van der Waals surface area (Å²) in [6.45, 7) is 1.25. The number of hydrogen-bond acceptors (Lipinski definition) is 7. The number of phenols is 1. The topological polar surface area (TPSA) is 205 Å². The number of primary amides is 1. The van der Waals surface area contributed by atoms with Gasteiger partial charge >= 0.3 is 5.97 Å². The largest absolute Gasteiger partial charge is 0.508 e. The van der Waals surface area contributed by atoms with Gasteiger partial charge in [-0.3, -0.25) is 14.4 Å². The molecule has 0 unspecified atom stereocenters. The minimum Gasteiger partial charge on any atom is -0.508 e. The Bertz CT molecular complexity index is 736. The lowest BCUT2D eigenvalue weighted by molar-refractivity contribution is -0.142. The van der Waals surface area contributed by atoms with Gasteiger partial charge in [0.1, 0.15) is 17.8 Å². The van der Waals surface area contributed by atoms with Crippen molar-refractivity contribution in [1.29, 1.82) is 0 Å². The molecule has 0 aliphatic rings. The van der Waals surface area contributed by atoms with E-state index in [1.54, 1.807) is 0 Å².